The Kier molecular flexibility index (Phi) is 55.2. The minimum atomic E-state index is -4.94. The molecule has 0 saturated heterocycles. The molecule has 0 aromatic carbocycles. The van der Waals surface area contributed by atoms with Crippen molar-refractivity contribution in [2.24, 2.45) is 11.8 Å². The number of aliphatic hydroxyl groups excluding tert-OH is 1. The standard InChI is InChI=1S/C64H124O17P2/c1-7-10-12-14-15-16-17-22-25-28-35-41-47-62(67)75-53-60(80-63(68)48-42-36-29-26-23-20-18-19-21-24-27-33-38-44-56(4)5)55-79-83(72,73)77-51-58(65)50-76-82(70,71)78-54-59(52-74-61(66)46-40-32-13-11-8-2)81-64(69)49-43-37-31-30-34-39-45-57(6)9-3/h56-60,65H,7-55H2,1-6H3,(H,70,71)(H,72,73)/t57?,58-,59+,60+/m0/s1. The number of rotatable bonds is 63. The molecule has 0 spiro atoms. The zero-order valence-electron chi connectivity index (χ0n) is 53.5. The van der Waals surface area contributed by atoms with E-state index in [0.717, 1.165) is 108 Å². The van der Waals surface area contributed by atoms with E-state index in [1.165, 1.54) is 128 Å². The first-order valence-corrected chi connectivity index (χ1v) is 36.5. The Labute approximate surface area is 505 Å². The van der Waals surface area contributed by atoms with Gasteiger partial charge in [-0.25, -0.2) is 9.13 Å². The zero-order chi connectivity index (χ0) is 61.5. The van der Waals surface area contributed by atoms with Crippen LogP contribution < -0.4 is 0 Å². The normalized spacial score (nSPS) is 14.6. The number of aliphatic hydroxyl groups is 1. The molecule has 0 aromatic rings. The highest BCUT2D eigenvalue weighted by Gasteiger charge is 2.30. The molecule has 0 aliphatic heterocycles. The second kappa shape index (κ2) is 56.6. The van der Waals surface area contributed by atoms with E-state index in [1.807, 2.05) is 0 Å². The molecule has 19 heteroatoms. The van der Waals surface area contributed by atoms with Crippen molar-refractivity contribution in [3.8, 4) is 0 Å². The topological polar surface area (TPSA) is 237 Å². The van der Waals surface area contributed by atoms with Crippen molar-refractivity contribution in [2.75, 3.05) is 39.6 Å². The summed E-state index contributed by atoms with van der Waals surface area (Å²) in [5, 5.41) is 10.5. The van der Waals surface area contributed by atoms with Crippen LogP contribution in [0.5, 0.6) is 0 Å². The summed E-state index contributed by atoms with van der Waals surface area (Å²) in [5.74, 6) is -0.638. The number of phosphoric ester groups is 2. The summed E-state index contributed by atoms with van der Waals surface area (Å²) in [5.41, 5.74) is 0. The lowest BCUT2D eigenvalue weighted by Crippen LogP contribution is -2.30. The molecule has 6 atom stereocenters. The van der Waals surface area contributed by atoms with Crippen LogP contribution in [0.3, 0.4) is 0 Å². The molecule has 0 aliphatic rings. The molecule has 0 heterocycles. The van der Waals surface area contributed by atoms with Gasteiger partial charge in [0.25, 0.3) is 0 Å². The maximum atomic E-state index is 13.0. The first-order valence-electron chi connectivity index (χ1n) is 33.5. The van der Waals surface area contributed by atoms with Gasteiger partial charge in [0.2, 0.25) is 0 Å². The third kappa shape index (κ3) is 57.6. The van der Waals surface area contributed by atoms with Gasteiger partial charge >= 0.3 is 39.5 Å². The lowest BCUT2D eigenvalue weighted by Gasteiger charge is -2.21. The Morgan fingerprint density at radius 1 is 0.349 bits per heavy atom. The number of carbonyl (C=O) groups is 4. The van der Waals surface area contributed by atoms with Crippen LogP contribution in [-0.2, 0) is 65.4 Å². The lowest BCUT2D eigenvalue weighted by atomic mass is 10.00. The van der Waals surface area contributed by atoms with Crippen LogP contribution in [0.25, 0.3) is 0 Å². The van der Waals surface area contributed by atoms with E-state index in [2.05, 4.69) is 41.5 Å². The van der Waals surface area contributed by atoms with E-state index in [0.29, 0.717) is 25.7 Å². The fourth-order valence-corrected chi connectivity index (χ4v) is 11.1. The average Bonchev–Trinajstić information content (AvgIpc) is 3.49. The minimum Gasteiger partial charge on any atom is -0.462 e. The van der Waals surface area contributed by atoms with E-state index in [4.69, 9.17) is 37.0 Å². The molecule has 83 heavy (non-hydrogen) atoms. The van der Waals surface area contributed by atoms with Crippen molar-refractivity contribution in [1.82, 2.24) is 0 Å². The summed E-state index contributed by atoms with van der Waals surface area (Å²) in [7, 11) is -9.88. The van der Waals surface area contributed by atoms with E-state index in [1.54, 1.807) is 0 Å². The Hall–Kier alpha value is -1.94. The first-order chi connectivity index (χ1) is 39.9. The fourth-order valence-electron chi connectivity index (χ4n) is 9.50. The largest absolute Gasteiger partial charge is 0.472 e. The van der Waals surface area contributed by atoms with E-state index in [9.17, 15) is 43.2 Å². The molecule has 0 fully saturated rings. The third-order valence-electron chi connectivity index (χ3n) is 15.1. The second-order valence-corrected chi connectivity index (χ2v) is 26.8. The molecule has 0 saturated carbocycles. The number of phosphoric acid groups is 2. The molecule has 17 nitrogen and oxygen atoms in total. The van der Waals surface area contributed by atoms with Crippen LogP contribution >= 0.6 is 15.6 Å². The molecule has 0 aromatic heterocycles. The van der Waals surface area contributed by atoms with E-state index in [-0.39, 0.29) is 25.7 Å². The molecule has 0 bridgehead atoms. The van der Waals surface area contributed by atoms with Gasteiger partial charge in [0.1, 0.15) is 19.3 Å². The van der Waals surface area contributed by atoms with Crippen LogP contribution in [0, 0.1) is 11.8 Å². The Morgan fingerprint density at radius 2 is 0.614 bits per heavy atom. The number of hydrogen-bond donors (Lipinski definition) is 3. The van der Waals surface area contributed by atoms with Crippen LogP contribution in [0.1, 0.15) is 318 Å². The minimum absolute atomic E-state index is 0.102. The number of ether oxygens (including phenoxy) is 4. The van der Waals surface area contributed by atoms with Crippen LogP contribution in [0.2, 0.25) is 0 Å². The maximum absolute atomic E-state index is 13.0. The van der Waals surface area contributed by atoms with Gasteiger partial charge in [0.15, 0.2) is 12.2 Å². The third-order valence-corrected chi connectivity index (χ3v) is 17.0. The SMILES string of the molecule is CCCCCCCCCCCCCCC(=O)OC[C@H](COP(=O)(O)OC[C@@H](O)COP(=O)(O)OC[C@@H](COC(=O)CCCCCCC)OC(=O)CCCCCCCCC(C)CC)OC(=O)CCCCCCCCCCCCCCCC(C)C. The lowest BCUT2D eigenvalue weighted by molar-refractivity contribution is -0.161. The zero-order valence-corrected chi connectivity index (χ0v) is 55.3. The van der Waals surface area contributed by atoms with Crippen molar-refractivity contribution >= 4 is 39.5 Å². The highest BCUT2D eigenvalue weighted by molar-refractivity contribution is 7.47. The Morgan fingerprint density at radius 3 is 0.916 bits per heavy atom. The van der Waals surface area contributed by atoms with Gasteiger partial charge in [-0.15, -0.1) is 0 Å². The Bertz CT molecular complexity index is 1630. The van der Waals surface area contributed by atoms with Gasteiger partial charge in [0, 0.05) is 25.7 Å². The van der Waals surface area contributed by atoms with Crippen molar-refractivity contribution in [3.63, 3.8) is 0 Å². The fraction of sp³-hybridized carbons (Fsp3) is 0.938. The number of carbonyl (C=O) groups excluding carboxylic acids is 4. The molecule has 3 N–H and O–H groups in total. The summed E-state index contributed by atoms with van der Waals surface area (Å²) in [6.07, 6.45) is 39.3. The second-order valence-electron chi connectivity index (χ2n) is 23.9. The average molecular weight is 1230 g/mol. The molecule has 0 amide bonds. The molecule has 0 rings (SSSR count). The molecule has 3 unspecified atom stereocenters. The molecular formula is C64H124O17P2. The van der Waals surface area contributed by atoms with Gasteiger partial charge in [-0.3, -0.25) is 37.3 Å². The first kappa shape index (κ1) is 81.1. The Balaban J connectivity index is 5.17. The van der Waals surface area contributed by atoms with Gasteiger partial charge < -0.3 is 33.8 Å². The summed E-state index contributed by atoms with van der Waals surface area (Å²) < 4.78 is 67.8. The summed E-state index contributed by atoms with van der Waals surface area (Å²) in [6.45, 7) is 9.38. The van der Waals surface area contributed by atoms with Crippen molar-refractivity contribution in [1.29, 1.82) is 0 Å². The van der Waals surface area contributed by atoms with Crippen molar-refractivity contribution in [2.45, 2.75) is 336 Å². The van der Waals surface area contributed by atoms with Gasteiger partial charge in [-0.2, -0.15) is 0 Å². The molecular weight excluding hydrogens is 1100 g/mol. The summed E-state index contributed by atoms with van der Waals surface area (Å²) in [6, 6.07) is 0. The maximum Gasteiger partial charge on any atom is 0.472 e. The van der Waals surface area contributed by atoms with Gasteiger partial charge in [-0.05, 0) is 37.5 Å². The van der Waals surface area contributed by atoms with Crippen molar-refractivity contribution < 1.29 is 80.2 Å². The smallest absolute Gasteiger partial charge is 0.462 e. The molecule has 492 valence electrons. The number of unbranched alkanes of at least 4 members (excludes halogenated alkanes) is 32. The van der Waals surface area contributed by atoms with Crippen LogP contribution in [0.15, 0.2) is 0 Å². The highest BCUT2D eigenvalue weighted by Crippen LogP contribution is 2.45. The highest BCUT2D eigenvalue weighted by atomic mass is 31.2. The monoisotopic (exact) mass is 1230 g/mol. The van der Waals surface area contributed by atoms with E-state index < -0.39 is 97.5 Å². The summed E-state index contributed by atoms with van der Waals surface area (Å²) in [4.78, 5) is 72.0. The number of esters is 4. The predicted octanol–water partition coefficient (Wildman–Crippen LogP) is 17.7. The molecule has 0 aliphatic carbocycles. The van der Waals surface area contributed by atoms with E-state index >= 15 is 0 Å². The van der Waals surface area contributed by atoms with Gasteiger partial charge in [-0.1, -0.05) is 266 Å². The quantitative estimate of drug-likeness (QED) is 0.0222. The number of hydrogen-bond acceptors (Lipinski definition) is 15. The summed E-state index contributed by atoms with van der Waals surface area (Å²) >= 11 is 0. The van der Waals surface area contributed by atoms with Gasteiger partial charge in [0.05, 0.1) is 26.4 Å². The predicted molar refractivity (Wildman–Crippen MR) is 331 cm³/mol. The van der Waals surface area contributed by atoms with Crippen molar-refractivity contribution in [3.05, 3.63) is 0 Å². The van der Waals surface area contributed by atoms with Crippen LogP contribution in [0.4, 0.5) is 0 Å². The molecule has 0 radical (unpaired) electrons. The van der Waals surface area contributed by atoms with Crippen LogP contribution in [-0.4, -0.2) is 96.7 Å².